The first-order chi connectivity index (χ1) is 7.50. The van der Waals surface area contributed by atoms with E-state index in [1.807, 2.05) is 0 Å². The van der Waals surface area contributed by atoms with Crippen molar-refractivity contribution in [3.05, 3.63) is 16.6 Å². The molecule has 0 aliphatic carbocycles. The van der Waals surface area contributed by atoms with Gasteiger partial charge in [-0.2, -0.15) is 4.37 Å². The quantitative estimate of drug-likeness (QED) is 0.815. The highest BCUT2D eigenvalue weighted by Gasteiger charge is 2.13. The summed E-state index contributed by atoms with van der Waals surface area (Å²) in [5.41, 5.74) is 1.26. The van der Waals surface area contributed by atoms with Crippen LogP contribution in [0.2, 0.25) is 0 Å². The number of hydrogen-bond acceptors (Lipinski definition) is 4. The van der Waals surface area contributed by atoms with E-state index in [0.717, 1.165) is 0 Å². The molecule has 0 radical (unpaired) electrons. The van der Waals surface area contributed by atoms with Gasteiger partial charge in [0.2, 0.25) is 0 Å². The van der Waals surface area contributed by atoms with Crippen LogP contribution in [0.4, 0.5) is 0 Å². The summed E-state index contributed by atoms with van der Waals surface area (Å²) >= 11 is 1.23. The molecule has 0 bridgehead atoms. The van der Waals surface area contributed by atoms with E-state index in [0.29, 0.717) is 17.8 Å². The molecule has 0 fully saturated rings. The Labute approximate surface area is 97.7 Å². The van der Waals surface area contributed by atoms with Crippen molar-refractivity contribution in [1.29, 1.82) is 0 Å². The highest BCUT2D eigenvalue weighted by molar-refractivity contribution is 7.03. The second-order valence-electron chi connectivity index (χ2n) is 3.73. The number of carboxylic acid groups (broad SMARTS) is 1. The zero-order chi connectivity index (χ0) is 12.1. The molecular formula is C10H14N2O3S. The number of carbonyl (C=O) groups is 2. The summed E-state index contributed by atoms with van der Waals surface area (Å²) in [4.78, 5) is 22.0. The minimum Gasteiger partial charge on any atom is -0.481 e. The van der Waals surface area contributed by atoms with E-state index in [-0.39, 0.29) is 18.2 Å². The summed E-state index contributed by atoms with van der Waals surface area (Å²) in [5, 5.41) is 12.9. The molecule has 0 saturated carbocycles. The summed E-state index contributed by atoms with van der Waals surface area (Å²) in [5.74, 6) is -1.12. The first kappa shape index (κ1) is 12.6. The monoisotopic (exact) mass is 242 g/mol. The number of amides is 1. The number of nitrogens with one attached hydrogen (secondary N) is 1. The third-order valence-corrected chi connectivity index (χ3v) is 2.85. The first-order valence-electron chi connectivity index (χ1n) is 4.91. The molecule has 1 rings (SSSR count). The molecule has 0 saturated heterocycles. The molecule has 88 valence electrons. The van der Waals surface area contributed by atoms with Crippen LogP contribution in [0.25, 0.3) is 0 Å². The topological polar surface area (TPSA) is 79.3 Å². The number of aliphatic carboxylic acids is 1. The molecule has 1 aromatic heterocycles. The summed E-state index contributed by atoms with van der Waals surface area (Å²) in [6.07, 6.45) is 0.0567. The highest BCUT2D eigenvalue weighted by Crippen LogP contribution is 2.09. The Kier molecular flexibility index (Phi) is 4.42. The third kappa shape index (κ3) is 3.62. The Morgan fingerprint density at radius 2 is 2.31 bits per heavy atom. The largest absolute Gasteiger partial charge is 0.481 e. The van der Waals surface area contributed by atoms with Crippen LogP contribution in [-0.4, -0.2) is 27.9 Å². The van der Waals surface area contributed by atoms with E-state index in [2.05, 4.69) is 9.69 Å². The molecular weight excluding hydrogens is 228 g/mol. The van der Waals surface area contributed by atoms with Gasteiger partial charge in [-0.25, -0.2) is 0 Å². The molecule has 1 amide bonds. The van der Waals surface area contributed by atoms with Gasteiger partial charge < -0.3 is 10.4 Å². The molecule has 16 heavy (non-hydrogen) atoms. The standard InChI is InChI=1S/C10H14N2O3S/c1-6(3-9(13)14)4-11-10(15)8-5-16-12-7(8)2/h5-6H,3-4H2,1-2H3,(H,11,15)(H,13,14). The molecule has 0 aliphatic rings. The normalized spacial score (nSPS) is 12.1. The van der Waals surface area contributed by atoms with E-state index < -0.39 is 5.97 Å². The molecule has 1 unspecified atom stereocenters. The number of rotatable bonds is 5. The van der Waals surface area contributed by atoms with Gasteiger partial charge in [-0.1, -0.05) is 6.92 Å². The van der Waals surface area contributed by atoms with Crippen molar-refractivity contribution >= 4 is 23.4 Å². The molecule has 1 aromatic rings. The highest BCUT2D eigenvalue weighted by atomic mass is 32.1. The van der Waals surface area contributed by atoms with Gasteiger partial charge in [0.1, 0.15) is 0 Å². The number of carbonyl (C=O) groups excluding carboxylic acids is 1. The predicted molar refractivity (Wildman–Crippen MR) is 60.6 cm³/mol. The van der Waals surface area contributed by atoms with Crippen molar-refractivity contribution in [2.24, 2.45) is 5.92 Å². The van der Waals surface area contributed by atoms with Gasteiger partial charge in [0.15, 0.2) is 0 Å². The first-order valence-corrected chi connectivity index (χ1v) is 5.75. The molecule has 5 nitrogen and oxygen atoms in total. The van der Waals surface area contributed by atoms with Crippen molar-refractivity contribution < 1.29 is 14.7 Å². The minimum absolute atomic E-state index is 0.0567. The lowest BCUT2D eigenvalue weighted by molar-refractivity contribution is -0.137. The maximum atomic E-state index is 11.6. The van der Waals surface area contributed by atoms with Crippen LogP contribution in [0.3, 0.4) is 0 Å². The van der Waals surface area contributed by atoms with E-state index in [1.165, 1.54) is 11.5 Å². The second kappa shape index (κ2) is 5.60. The van der Waals surface area contributed by atoms with Crippen molar-refractivity contribution in [3.8, 4) is 0 Å². The Morgan fingerprint density at radius 1 is 1.62 bits per heavy atom. The molecule has 6 heteroatoms. The van der Waals surface area contributed by atoms with E-state index >= 15 is 0 Å². The number of nitrogens with zero attached hydrogens (tertiary/aromatic N) is 1. The molecule has 0 aliphatic heterocycles. The summed E-state index contributed by atoms with van der Waals surface area (Å²) in [6, 6.07) is 0. The van der Waals surface area contributed by atoms with Crippen LogP contribution in [0.5, 0.6) is 0 Å². The Morgan fingerprint density at radius 3 is 2.81 bits per heavy atom. The average molecular weight is 242 g/mol. The van der Waals surface area contributed by atoms with Crippen molar-refractivity contribution in [2.45, 2.75) is 20.3 Å². The van der Waals surface area contributed by atoms with Gasteiger partial charge in [-0.3, -0.25) is 9.59 Å². The van der Waals surface area contributed by atoms with E-state index in [9.17, 15) is 9.59 Å². The fourth-order valence-corrected chi connectivity index (χ4v) is 1.93. The van der Waals surface area contributed by atoms with Crippen LogP contribution >= 0.6 is 11.5 Å². The lowest BCUT2D eigenvalue weighted by Crippen LogP contribution is -2.29. The number of aromatic nitrogens is 1. The lowest BCUT2D eigenvalue weighted by Gasteiger charge is -2.09. The van der Waals surface area contributed by atoms with Crippen LogP contribution in [-0.2, 0) is 4.79 Å². The van der Waals surface area contributed by atoms with Crippen molar-refractivity contribution in [3.63, 3.8) is 0 Å². The molecule has 0 spiro atoms. The molecule has 1 atom stereocenters. The van der Waals surface area contributed by atoms with Gasteiger partial charge in [0.25, 0.3) is 5.91 Å². The number of hydrogen-bond donors (Lipinski definition) is 2. The van der Waals surface area contributed by atoms with Crippen molar-refractivity contribution in [1.82, 2.24) is 9.69 Å². The minimum atomic E-state index is -0.852. The molecule has 0 aromatic carbocycles. The Bertz CT molecular complexity index is 389. The third-order valence-electron chi connectivity index (χ3n) is 2.13. The maximum absolute atomic E-state index is 11.6. The maximum Gasteiger partial charge on any atom is 0.303 e. The van der Waals surface area contributed by atoms with E-state index in [4.69, 9.17) is 5.11 Å². The summed E-state index contributed by atoms with van der Waals surface area (Å²) in [7, 11) is 0. The van der Waals surface area contributed by atoms with E-state index in [1.54, 1.807) is 19.2 Å². The summed E-state index contributed by atoms with van der Waals surface area (Å²) in [6.45, 7) is 3.92. The van der Waals surface area contributed by atoms with Crippen LogP contribution < -0.4 is 5.32 Å². The predicted octanol–water partition coefficient (Wildman–Crippen LogP) is 1.29. The number of carboxylic acids is 1. The molecule has 2 N–H and O–H groups in total. The molecule has 1 heterocycles. The fourth-order valence-electron chi connectivity index (χ4n) is 1.24. The smallest absolute Gasteiger partial charge is 0.303 e. The van der Waals surface area contributed by atoms with Crippen molar-refractivity contribution in [2.75, 3.05) is 6.54 Å². The van der Waals surface area contributed by atoms with Gasteiger partial charge >= 0.3 is 5.97 Å². The Balaban J connectivity index is 2.42. The van der Waals surface area contributed by atoms with Crippen LogP contribution in [0, 0.1) is 12.8 Å². The SMILES string of the molecule is Cc1nscc1C(=O)NCC(C)CC(=O)O. The Hall–Kier alpha value is -1.43. The van der Waals surface area contributed by atoms with Gasteiger partial charge in [0, 0.05) is 18.3 Å². The van der Waals surface area contributed by atoms with Gasteiger partial charge in [-0.15, -0.1) is 0 Å². The van der Waals surface area contributed by atoms with Gasteiger partial charge in [-0.05, 0) is 24.4 Å². The second-order valence-corrected chi connectivity index (χ2v) is 4.36. The summed E-state index contributed by atoms with van der Waals surface area (Å²) < 4.78 is 4.00. The lowest BCUT2D eigenvalue weighted by atomic mass is 10.1. The average Bonchev–Trinajstić information content (AvgIpc) is 2.60. The number of aryl methyl sites for hydroxylation is 1. The zero-order valence-electron chi connectivity index (χ0n) is 9.19. The fraction of sp³-hybridized carbons (Fsp3) is 0.500. The van der Waals surface area contributed by atoms with Crippen LogP contribution in [0.15, 0.2) is 5.38 Å². The zero-order valence-corrected chi connectivity index (χ0v) is 10.0. The van der Waals surface area contributed by atoms with Gasteiger partial charge in [0.05, 0.1) is 11.3 Å². The van der Waals surface area contributed by atoms with Crippen LogP contribution in [0.1, 0.15) is 29.4 Å².